The molecule has 0 aromatic rings. The van der Waals surface area contributed by atoms with Gasteiger partial charge < -0.3 is 5.11 Å². The van der Waals surface area contributed by atoms with E-state index >= 15 is 0 Å². The Morgan fingerprint density at radius 1 is 1.80 bits per heavy atom. The highest BCUT2D eigenvalue weighted by Crippen LogP contribution is 2.56. The summed E-state index contributed by atoms with van der Waals surface area (Å²) in [6.45, 7) is 4.29. The molecule has 2 unspecified atom stereocenters. The standard InChI is InChI=1S/C8H14O2/c1-3-8(2)5-6(8)4-7(9)10/h6H,3-5H2,1-2H3,(H,9,10). The van der Waals surface area contributed by atoms with Crippen molar-refractivity contribution in [3.8, 4) is 0 Å². The van der Waals surface area contributed by atoms with Gasteiger partial charge in [0, 0.05) is 6.42 Å². The fourth-order valence-corrected chi connectivity index (χ4v) is 1.47. The van der Waals surface area contributed by atoms with Crippen molar-refractivity contribution < 1.29 is 9.90 Å². The molecule has 1 N–H and O–H groups in total. The molecule has 1 rings (SSSR count). The van der Waals surface area contributed by atoms with Crippen LogP contribution in [0.1, 0.15) is 33.1 Å². The second-order valence-electron chi connectivity index (χ2n) is 3.51. The minimum absolute atomic E-state index is 0.360. The van der Waals surface area contributed by atoms with Gasteiger partial charge in [0.25, 0.3) is 0 Å². The zero-order chi connectivity index (χ0) is 7.78. The summed E-state index contributed by atoms with van der Waals surface area (Å²) in [5.74, 6) is -0.197. The molecule has 1 aliphatic rings. The van der Waals surface area contributed by atoms with Gasteiger partial charge in [0.2, 0.25) is 0 Å². The van der Waals surface area contributed by atoms with E-state index in [1.807, 2.05) is 0 Å². The normalized spacial score (nSPS) is 37.6. The molecule has 10 heavy (non-hydrogen) atoms. The fourth-order valence-electron chi connectivity index (χ4n) is 1.47. The first-order valence-corrected chi connectivity index (χ1v) is 3.80. The van der Waals surface area contributed by atoms with Crippen LogP contribution in [0.5, 0.6) is 0 Å². The Morgan fingerprint density at radius 2 is 2.40 bits per heavy atom. The molecule has 0 amide bonds. The Bertz CT molecular complexity index is 153. The van der Waals surface area contributed by atoms with E-state index in [4.69, 9.17) is 5.11 Å². The van der Waals surface area contributed by atoms with Gasteiger partial charge in [-0.15, -0.1) is 0 Å². The van der Waals surface area contributed by atoms with E-state index in [0.717, 1.165) is 12.8 Å². The predicted molar refractivity (Wildman–Crippen MR) is 38.8 cm³/mol. The van der Waals surface area contributed by atoms with E-state index < -0.39 is 5.97 Å². The molecular formula is C8H14O2. The molecule has 2 atom stereocenters. The maximum Gasteiger partial charge on any atom is 0.303 e. The predicted octanol–water partition coefficient (Wildman–Crippen LogP) is 1.90. The Labute approximate surface area is 61.2 Å². The first-order chi connectivity index (χ1) is 4.58. The van der Waals surface area contributed by atoms with E-state index in [0.29, 0.717) is 17.8 Å². The molecule has 0 saturated heterocycles. The lowest BCUT2D eigenvalue weighted by Crippen LogP contribution is -2.01. The Morgan fingerprint density at radius 3 is 2.70 bits per heavy atom. The number of carboxylic acid groups (broad SMARTS) is 1. The molecule has 0 aromatic heterocycles. The minimum Gasteiger partial charge on any atom is -0.481 e. The molecule has 2 heteroatoms. The lowest BCUT2D eigenvalue weighted by Gasteiger charge is -2.03. The summed E-state index contributed by atoms with van der Waals surface area (Å²) in [7, 11) is 0. The molecule has 0 aromatic carbocycles. The van der Waals surface area contributed by atoms with Crippen molar-refractivity contribution in [2.45, 2.75) is 33.1 Å². The first kappa shape index (κ1) is 7.58. The number of hydrogen-bond acceptors (Lipinski definition) is 1. The Hall–Kier alpha value is -0.530. The number of aliphatic carboxylic acids is 1. The molecule has 0 heterocycles. The average Bonchev–Trinajstić information content (AvgIpc) is 2.43. The van der Waals surface area contributed by atoms with Crippen LogP contribution in [0.2, 0.25) is 0 Å². The van der Waals surface area contributed by atoms with Crippen LogP contribution in [0.15, 0.2) is 0 Å². The van der Waals surface area contributed by atoms with Crippen LogP contribution in [-0.4, -0.2) is 11.1 Å². The SMILES string of the molecule is CCC1(C)CC1CC(=O)O. The van der Waals surface area contributed by atoms with E-state index in [2.05, 4.69) is 13.8 Å². The molecule has 58 valence electrons. The van der Waals surface area contributed by atoms with Crippen molar-refractivity contribution in [3.63, 3.8) is 0 Å². The van der Waals surface area contributed by atoms with Gasteiger partial charge in [0.15, 0.2) is 0 Å². The number of rotatable bonds is 3. The number of carboxylic acids is 1. The molecule has 0 radical (unpaired) electrons. The largest absolute Gasteiger partial charge is 0.481 e. The number of carbonyl (C=O) groups is 1. The Kier molecular flexibility index (Phi) is 1.71. The van der Waals surface area contributed by atoms with Crippen LogP contribution < -0.4 is 0 Å². The van der Waals surface area contributed by atoms with Crippen molar-refractivity contribution in [1.82, 2.24) is 0 Å². The molecule has 1 saturated carbocycles. The third-order valence-corrected chi connectivity index (χ3v) is 2.77. The van der Waals surface area contributed by atoms with Crippen LogP contribution in [0.4, 0.5) is 0 Å². The van der Waals surface area contributed by atoms with Crippen molar-refractivity contribution >= 4 is 5.97 Å². The molecule has 0 aliphatic heterocycles. The van der Waals surface area contributed by atoms with Gasteiger partial charge in [-0.1, -0.05) is 20.3 Å². The Balaban J connectivity index is 2.31. The van der Waals surface area contributed by atoms with Crippen molar-refractivity contribution in [2.24, 2.45) is 11.3 Å². The monoisotopic (exact) mass is 142 g/mol. The highest BCUT2D eigenvalue weighted by Gasteiger charge is 2.48. The first-order valence-electron chi connectivity index (χ1n) is 3.80. The summed E-state index contributed by atoms with van der Waals surface area (Å²) in [5, 5.41) is 8.45. The van der Waals surface area contributed by atoms with Crippen LogP contribution in [0.25, 0.3) is 0 Å². The maximum absolute atomic E-state index is 10.3. The lowest BCUT2D eigenvalue weighted by atomic mass is 10.0. The topological polar surface area (TPSA) is 37.3 Å². The maximum atomic E-state index is 10.3. The zero-order valence-electron chi connectivity index (χ0n) is 6.55. The highest BCUT2D eigenvalue weighted by molar-refractivity contribution is 5.67. The molecule has 0 bridgehead atoms. The summed E-state index contributed by atoms with van der Waals surface area (Å²) in [5.41, 5.74) is 0.360. The summed E-state index contributed by atoms with van der Waals surface area (Å²) in [6, 6.07) is 0. The molecule has 0 spiro atoms. The van der Waals surface area contributed by atoms with Crippen molar-refractivity contribution in [2.75, 3.05) is 0 Å². The smallest absolute Gasteiger partial charge is 0.303 e. The molecule has 1 aliphatic carbocycles. The molecular weight excluding hydrogens is 128 g/mol. The summed E-state index contributed by atoms with van der Waals surface area (Å²) in [6.07, 6.45) is 2.59. The van der Waals surface area contributed by atoms with Crippen LogP contribution >= 0.6 is 0 Å². The van der Waals surface area contributed by atoms with Gasteiger partial charge in [-0.2, -0.15) is 0 Å². The summed E-state index contributed by atoms with van der Waals surface area (Å²) >= 11 is 0. The van der Waals surface area contributed by atoms with E-state index in [9.17, 15) is 4.79 Å². The van der Waals surface area contributed by atoms with E-state index in [1.165, 1.54) is 0 Å². The van der Waals surface area contributed by atoms with Gasteiger partial charge in [0.05, 0.1) is 0 Å². The lowest BCUT2D eigenvalue weighted by molar-refractivity contribution is -0.137. The third-order valence-electron chi connectivity index (χ3n) is 2.77. The average molecular weight is 142 g/mol. The highest BCUT2D eigenvalue weighted by atomic mass is 16.4. The minimum atomic E-state index is -0.651. The summed E-state index contributed by atoms with van der Waals surface area (Å²) in [4.78, 5) is 10.3. The molecule has 2 nitrogen and oxygen atoms in total. The second kappa shape index (κ2) is 2.26. The van der Waals surface area contributed by atoms with Crippen molar-refractivity contribution in [1.29, 1.82) is 0 Å². The van der Waals surface area contributed by atoms with Crippen LogP contribution in [-0.2, 0) is 4.79 Å². The summed E-state index contributed by atoms with van der Waals surface area (Å²) < 4.78 is 0. The zero-order valence-corrected chi connectivity index (χ0v) is 6.55. The van der Waals surface area contributed by atoms with Gasteiger partial charge in [-0.05, 0) is 17.8 Å². The van der Waals surface area contributed by atoms with Gasteiger partial charge >= 0.3 is 5.97 Å². The fraction of sp³-hybridized carbons (Fsp3) is 0.875. The molecule has 1 fully saturated rings. The quantitative estimate of drug-likeness (QED) is 0.653. The van der Waals surface area contributed by atoms with Crippen LogP contribution in [0, 0.1) is 11.3 Å². The van der Waals surface area contributed by atoms with E-state index in [-0.39, 0.29) is 0 Å². The van der Waals surface area contributed by atoms with Crippen molar-refractivity contribution in [3.05, 3.63) is 0 Å². The number of hydrogen-bond donors (Lipinski definition) is 1. The van der Waals surface area contributed by atoms with Gasteiger partial charge in [-0.25, -0.2) is 0 Å². The van der Waals surface area contributed by atoms with Gasteiger partial charge in [0.1, 0.15) is 0 Å². The third kappa shape index (κ3) is 1.31. The van der Waals surface area contributed by atoms with Gasteiger partial charge in [-0.3, -0.25) is 4.79 Å². The van der Waals surface area contributed by atoms with E-state index in [1.54, 1.807) is 0 Å². The second-order valence-corrected chi connectivity index (χ2v) is 3.51. The van der Waals surface area contributed by atoms with Crippen LogP contribution in [0.3, 0.4) is 0 Å².